The number of nitriles is 1. The van der Waals surface area contributed by atoms with E-state index in [1.807, 2.05) is 6.07 Å². The van der Waals surface area contributed by atoms with Crippen LogP contribution in [0.25, 0.3) is 17.4 Å². The maximum absolute atomic E-state index is 12.2. The van der Waals surface area contributed by atoms with E-state index in [1.165, 1.54) is 18.2 Å². The monoisotopic (exact) mass is 366 g/mol. The molecule has 7 nitrogen and oxygen atoms in total. The minimum Gasteiger partial charge on any atom is -0.458 e. The Morgan fingerprint density at radius 1 is 1.19 bits per heavy atom. The zero-order chi connectivity index (χ0) is 19.2. The Hall–Kier alpha value is -3.40. The summed E-state index contributed by atoms with van der Waals surface area (Å²) in [7, 11) is 0. The van der Waals surface area contributed by atoms with Gasteiger partial charge in [-0.2, -0.15) is 5.26 Å². The van der Waals surface area contributed by atoms with Crippen molar-refractivity contribution in [1.82, 2.24) is 0 Å². The Morgan fingerprint density at radius 3 is 2.52 bits per heavy atom. The molecule has 1 aromatic heterocycles. The average Bonchev–Trinajstić information content (AvgIpc) is 3.15. The molecule has 0 N–H and O–H groups in total. The summed E-state index contributed by atoms with van der Waals surface area (Å²) in [6.07, 6.45) is 6.08. The Kier molecular flexibility index (Phi) is 5.67. The summed E-state index contributed by atoms with van der Waals surface area (Å²) in [5.41, 5.74) is 0.524. The molecule has 1 heterocycles. The van der Waals surface area contributed by atoms with Crippen LogP contribution in [0.3, 0.4) is 0 Å². The first-order valence-corrected chi connectivity index (χ1v) is 8.74. The molecule has 0 spiro atoms. The van der Waals surface area contributed by atoms with Crippen molar-refractivity contribution in [3.05, 3.63) is 57.8 Å². The van der Waals surface area contributed by atoms with Crippen LogP contribution in [0.2, 0.25) is 0 Å². The summed E-state index contributed by atoms with van der Waals surface area (Å²) in [6.45, 7) is 0. The van der Waals surface area contributed by atoms with E-state index in [2.05, 4.69) is 0 Å². The van der Waals surface area contributed by atoms with Crippen LogP contribution < -0.4 is 0 Å². The van der Waals surface area contributed by atoms with Gasteiger partial charge in [0.25, 0.3) is 5.69 Å². The van der Waals surface area contributed by atoms with Gasteiger partial charge in [0.15, 0.2) is 0 Å². The largest absolute Gasteiger partial charge is 0.458 e. The van der Waals surface area contributed by atoms with E-state index < -0.39 is 10.9 Å². The highest BCUT2D eigenvalue weighted by Gasteiger charge is 2.20. The van der Waals surface area contributed by atoms with Crippen molar-refractivity contribution in [2.45, 2.75) is 38.2 Å². The molecule has 0 atom stereocenters. The number of carbonyl (C=O) groups excluding carboxylic acids is 1. The third kappa shape index (κ3) is 4.61. The van der Waals surface area contributed by atoms with E-state index in [9.17, 15) is 20.2 Å². The quantitative estimate of drug-likeness (QED) is 0.251. The molecule has 138 valence electrons. The molecule has 0 radical (unpaired) electrons. The molecule has 1 aliphatic rings. The second-order valence-electron chi connectivity index (χ2n) is 6.34. The molecular weight excluding hydrogens is 348 g/mol. The van der Waals surface area contributed by atoms with Crippen LogP contribution in [0.15, 0.2) is 46.4 Å². The van der Waals surface area contributed by atoms with Crippen LogP contribution in [0, 0.1) is 21.4 Å². The lowest BCUT2D eigenvalue weighted by molar-refractivity contribution is -0.384. The number of hydrogen-bond donors (Lipinski definition) is 0. The molecule has 27 heavy (non-hydrogen) atoms. The van der Waals surface area contributed by atoms with Crippen molar-refractivity contribution in [3.63, 3.8) is 0 Å². The average molecular weight is 366 g/mol. The number of carbonyl (C=O) groups is 1. The van der Waals surface area contributed by atoms with E-state index in [0.29, 0.717) is 17.1 Å². The lowest BCUT2D eigenvalue weighted by Gasteiger charge is -2.21. The fourth-order valence-corrected chi connectivity index (χ4v) is 3.01. The summed E-state index contributed by atoms with van der Waals surface area (Å²) in [5.74, 6) is 0.173. The van der Waals surface area contributed by atoms with Crippen molar-refractivity contribution in [2.24, 2.45) is 0 Å². The van der Waals surface area contributed by atoms with Gasteiger partial charge in [0.1, 0.15) is 29.3 Å². The van der Waals surface area contributed by atoms with Crippen molar-refractivity contribution in [2.75, 3.05) is 0 Å². The molecule has 0 aliphatic heterocycles. The van der Waals surface area contributed by atoms with Crippen molar-refractivity contribution >= 4 is 17.7 Å². The first-order valence-electron chi connectivity index (χ1n) is 8.74. The first-order chi connectivity index (χ1) is 13.1. The van der Waals surface area contributed by atoms with Gasteiger partial charge in [0.2, 0.25) is 0 Å². The maximum Gasteiger partial charge on any atom is 0.349 e. The molecule has 1 aliphatic carbocycles. The second kappa shape index (κ2) is 8.32. The fourth-order valence-electron chi connectivity index (χ4n) is 3.01. The molecule has 7 heteroatoms. The number of rotatable bonds is 5. The van der Waals surface area contributed by atoms with Gasteiger partial charge in [-0.15, -0.1) is 0 Å². The summed E-state index contributed by atoms with van der Waals surface area (Å²) in [6, 6.07) is 11.1. The van der Waals surface area contributed by atoms with E-state index in [4.69, 9.17) is 9.15 Å². The topological polar surface area (TPSA) is 106 Å². The maximum atomic E-state index is 12.2. The Balaban J connectivity index is 1.72. The Bertz CT molecular complexity index is 899. The van der Waals surface area contributed by atoms with Crippen LogP contribution >= 0.6 is 0 Å². The standard InChI is InChI=1S/C20H18N2O5/c21-13-15(20(23)27-17-4-2-1-3-5-17)12-18-10-11-19(26-18)14-6-8-16(9-7-14)22(24)25/h6-12,17H,1-5H2/b15-12-. The summed E-state index contributed by atoms with van der Waals surface area (Å²) in [5, 5.41) is 20.0. The fraction of sp³-hybridized carbons (Fsp3) is 0.300. The van der Waals surface area contributed by atoms with Gasteiger partial charge < -0.3 is 9.15 Å². The number of nitro groups is 1. The van der Waals surface area contributed by atoms with E-state index >= 15 is 0 Å². The van der Waals surface area contributed by atoms with Crippen LogP contribution in [-0.4, -0.2) is 17.0 Å². The molecule has 2 aromatic rings. The number of esters is 1. The number of nitro benzene ring substituents is 1. The predicted molar refractivity (Wildman–Crippen MR) is 97.4 cm³/mol. The minimum atomic E-state index is -0.641. The molecule has 3 rings (SSSR count). The van der Waals surface area contributed by atoms with Gasteiger partial charge in [0.05, 0.1) is 4.92 Å². The van der Waals surface area contributed by atoms with Crippen LogP contribution in [0.5, 0.6) is 0 Å². The van der Waals surface area contributed by atoms with Crippen LogP contribution in [-0.2, 0) is 9.53 Å². The highest BCUT2D eigenvalue weighted by atomic mass is 16.6. The van der Waals surface area contributed by atoms with Crippen molar-refractivity contribution < 1.29 is 18.9 Å². The predicted octanol–water partition coefficient (Wildman–Crippen LogP) is 4.64. The molecule has 1 aromatic carbocycles. The Labute approximate surface area is 156 Å². The van der Waals surface area contributed by atoms with Crippen LogP contribution in [0.1, 0.15) is 37.9 Å². The Morgan fingerprint density at radius 2 is 1.89 bits per heavy atom. The van der Waals surface area contributed by atoms with Gasteiger partial charge in [-0.3, -0.25) is 10.1 Å². The molecule has 0 amide bonds. The SMILES string of the molecule is N#C/C(=C/c1ccc(-c2ccc([N+](=O)[O-])cc2)o1)C(=O)OC1CCCCC1. The van der Waals surface area contributed by atoms with E-state index in [1.54, 1.807) is 24.3 Å². The molecule has 0 unspecified atom stereocenters. The molecule has 0 saturated heterocycles. The van der Waals surface area contributed by atoms with E-state index in [-0.39, 0.29) is 17.4 Å². The number of ether oxygens (including phenoxy) is 1. The van der Waals surface area contributed by atoms with Gasteiger partial charge in [-0.1, -0.05) is 6.42 Å². The smallest absolute Gasteiger partial charge is 0.349 e. The summed E-state index contributed by atoms with van der Waals surface area (Å²) >= 11 is 0. The number of benzene rings is 1. The van der Waals surface area contributed by atoms with Crippen molar-refractivity contribution in [3.8, 4) is 17.4 Å². The molecule has 1 fully saturated rings. The molecule has 1 saturated carbocycles. The summed E-state index contributed by atoms with van der Waals surface area (Å²) < 4.78 is 11.0. The highest BCUT2D eigenvalue weighted by Crippen LogP contribution is 2.26. The van der Waals surface area contributed by atoms with Crippen molar-refractivity contribution in [1.29, 1.82) is 5.26 Å². The van der Waals surface area contributed by atoms with Gasteiger partial charge in [-0.25, -0.2) is 4.79 Å². The van der Waals surface area contributed by atoms with Gasteiger partial charge >= 0.3 is 5.97 Å². The summed E-state index contributed by atoms with van der Waals surface area (Å²) in [4.78, 5) is 22.4. The molecular formula is C20H18N2O5. The minimum absolute atomic E-state index is 0.0114. The zero-order valence-corrected chi connectivity index (χ0v) is 14.6. The number of hydrogen-bond acceptors (Lipinski definition) is 6. The van der Waals surface area contributed by atoms with Gasteiger partial charge in [0, 0.05) is 23.8 Å². The lowest BCUT2D eigenvalue weighted by atomic mass is 9.98. The zero-order valence-electron chi connectivity index (χ0n) is 14.6. The first kappa shape index (κ1) is 18.4. The number of furan rings is 1. The second-order valence-corrected chi connectivity index (χ2v) is 6.34. The third-order valence-electron chi connectivity index (χ3n) is 4.44. The number of nitrogens with zero attached hydrogens (tertiary/aromatic N) is 2. The third-order valence-corrected chi connectivity index (χ3v) is 4.44. The lowest BCUT2D eigenvalue weighted by Crippen LogP contribution is -2.21. The van der Waals surface area contributed by atoms with Crippen LogP contribution in [0.4, 0.5) is 5.69 Å². The number of non-ortho nitro benzene ring substituents is 1. The van der Waals surface area contributed by atoms with Gasteiger partial charge in [-0.05, 0) is 49.9 Å². The highest BCUT2D eigenvalue weighted by molar-refractivity contribution is 5.97. The molecule has 0 bridgehead atoms. The van der Waals surface area contributed by atoms with E-state index in [0.717, 1.165) is 32.1 Å². The normalized spacial score (nSPS) is 15.1.